The van der Waals surface area contributed by atoms with E-state index in [1.54, 1.807) is 5.56 Å². The quantitative estimate of drug-likeness (QED) is 0.288. The van der Waals surface area contributed by atoms with Crippen LogP contribution in [-0.2, 0) is 12.8 Å². The fraction of sp³-hybridized carbons (Fsp3) is 0.625. The Kier molecular flexibility index (Phi) is 10.6. The van der Waals surface area contributed by atoms with Crippen LogP contribution in [0.1, 0.15) is 70.4 Å². The van der Waals surface area contributed by atoms with Gasteiger partial charge < -0.3 is 0 Å². The first-order valence-electron chi connectivity index (χ1n) is 14.9. The number of anilines is 1. The zero-order valence-electron chi connectivity index (χ0n) is 23.2. The van der Waals surface area contributed by atoms with Crippen molar-refractivity contribution in [2.45, 2.75) is 97.6 Å². The van der Waals surface area contributed by atoms with Gasteiger partial charge in [0.15, 0.2) is 0 Å². The molecule has 4 rings (SSSR count). The van der Waals surface area contributed by atoms with Crippen molar-refractivity contribution in [3.63, 3.8) is 0 Å². The molecule has 0 aromatic heterocycles. The Morgan fingerprint density at radius 2 is 1.36 bits per heavy atom. The van der Waals surface area contributed by atoms with Gasteiger partial charge in [0.25, 0.3) is 0 Å². The van der Waals surface area contributed by atoms with Crippen molar-refractivity contribution < 1.29 is 5.11 Å². The second-order valence-corrected chi connectivity index (χ2v) is 24.6. The van der Waals surface area contributed by atoms with Gasteiger partial charge in [-0.1, -0.05) is 0 Å². The summed E-state index contributed by atoms with van der Waals surface area (Å²) in [6.45, 7) is 11.3. The summed E-state index contributed by atoms with van der Waals surface area (Å²) in [5.41, 5.74) is 4.47. The number of rotatable bonds is 12. The Labute approximate surface area is 225 Å². The van der Waals surface area contributed by atoms with Crippen LogP contribution < -0.4 is 8.48 Å². The number of piperazine rings is 1. The van der Waals surface area contributed by atoms with Crippen molar-refractivity contribution in [3.8, 4) is 0 Å². The monoisotopic (exact) mass is 598 g/mol. The van der Waals surface area contributed by atoms with Crippen LogP contribution in [0.4, 0.5) is 5.69 Å². The van der Waals surface area contributed by atoms with Gasteiger partial charge in [0.2, 0.25) is 0 Å². The van der Waals surface area contributed by atoms with E-state index in [4.69, 9.17) is 0 Å². The molecule has 2 aromatic rings. The molecule has 0 radical (unpaired) electrons. The molecule has 3 nitrogen and oxygen atoms in total. The van der Waals surface area contributed by atoms with Crippen molar-refractivity contribution in [1.82, 2.24) is 4.90 Å². The molecule has 4 heteroatoms. The molecule has 2 atom stereocenters. The predicted molar refractivity (Wildman–Crippen MR) is 158 cm³/mol. The van der Waals surface area contributed by atoms with Crippen LogP contribution in [0.2, 0.25) is 13.3 Å². The molecule has 2 unspecified atom stereocenters. The summed E-state index contributed by atoms with van der Waals surface area (Å²) in [6, 6.07) is 18.3. The zero-order chi connectivity index (χ0) is 25.4. The van der Waals surface area contributed by atoms with Crippen molar-refractivity contribution in [3.05, 3.63) is 59.7 Å². The minimum atomic E-state index is -2.54. The normalized spacial score (nSPS) is 20.9. The molecule has 1 fully saturated rings. The number of nitrogens with zero attached hydrogens (tertiary/aromatic N) is 2. The Bertz CT molecular complexity index is 903. The average Bonchev–Trinajstić information content (AvgIpc) is 2.93. The number of hydrogen-bond donors (Lipinski definition) is 1. The Morgan fingerprint density at radius 3 is 1.94 bits per heavy atom. The topological polar surface area (TPSA) is 26.7 Å². The van der Waals surface area contributed by atoms with Gasteiger partial charge in [0.05, 0.1) is 0 Å². The average molecular weight is 597 g/mol. The SMILES string of the molecule is CCC[CH2][Sn]([CH2]CCC)([CH2]CCC)[c]1cccc2c1CC(N1CCN(c3ccccc3)CC1)C(O)C2. The van der Waals surface area contributed by atoms with E-state index in [2.05, 4.69) is 79.1 Å². The molecule has 0 amide bonds. The number of aliphatic hydroxyl groups is 1. The molecule has 1 aliphatic heterocycles. The Balaban J connectivity index is 1.58. The summed E-state index contributed by atoms with van der Waals surface area (Å²) >= 11 is -2.54. The van der Waals surface area contributed by atoms with Gasteiger partial charge in [-0.05, 0) is 0 Å². The summed E-state index contributed by atoms with van der Waals surface area (Å²) in [5, 5.41) is 11.3. The molecular formula is C32H50N2OSn. The first-order chi connectivity index (χ1) is 17.6. The van der Waals surface area contributed by atoms with E-state index >= 15 is 0 Å². The fourth-order valence-corrected chi connectivity index (χ4v) is 24.0. The zero-order valence-corrected chi connectivity index (χ0v) is 26.1. The van der Waals surface area contributed by atoms with E-state index in [0.717, 1.165) is 39.0 Å². The number of para-hydroxylation sites is 1. The van der Waals surface area contributed by atoms with E-state index in [1.807, 2.05) is 3.58 Å². The van der Waals surface area contributed by atoms with E-state index in [9.17, 15) is 5.11 Å². The van der Waals surface area contributed by atoms with Gasteiger partial charge in [-0.25, -0.2) is 0 Å². The number of aliphatic hydroxyl groups excluding tert-OH is 1. The standard InChI is InChI=1S/C20H23N2O.3C4H9.Sn/c23-20-15-17-7-5-4-6-16(17)14-19(20)22-12-10-21(11-13-22)18-8-2-1-3-9-18;3*1-3-4-2;/h1-5,7-9,19-20,23H,10-15H2;3*1,3-4H2,2H3;. The van der Waals surface area contributed by atoms with E-state index in [-0.39, 0.29) is 12.1 Å². The van der Waals surface area contributed by atoms with Gasteiger partial charge >= 0.3 is 226 Å². The molecule has 1 N–H and O–H groups in total. The summed E-state index contributed by atoms with van der Waals surface area (Å²) < 4.78 is 6.40. The molecule has 36 heavy (non-hydrogen) atoms. The number of fused-ring (bicyclic) bond motifs is 1. The minimum absolute atomic E-state index is 0.248. The molecule has 1 saturated heterocycles. The molecule has 198 valence electrons. The number of hydrogen-bond acceptors (Lipinski definition) is 3. The third-order valence-electron chi connectivity index (χ3n) is 9.06. The van der Waals surface area contributed by atoms with Gasteiger partial charge in [-0.15, -0.1) is 0 Å². The predicted octanol–water partition coefficient (Wildman–Crippen LogP) is 6.39. The van der Waals surface area contributed by atoms with Crippen LogP contribution in [0.3, 0.4) is 0 Å². The van der Waals surface area contributed by atoms with Gasteiger partial charge in [-0.2, -0.15) is 0 Å². The molecule has 1 aliphatic carbocycles. The van der Waals surface area contributed by atoms with Gasteiger partial charge in [-0.3, -0.25) is 0 Å². The van der Waals surface area contributed by atoms with E-state index < -0.39 is 18.4 Å². The first-order valence-corrected chi connectivity index (χ1v) is 22.4. The summed E-state index contributed by atoms with van der Waals surface area (Å²) in [5.74, 6) is 0. The molecule has 0 spiro atoms. The van der Waals surface area contributed by atoms with Crippen LogP contribution in [0, 0.1) is 0 Å². The Morgan fingerprint density at radius 1 is 0.750 bits per heavy atom. The van der Waals surface area contributed by atoms with Crippen molar-refractivity contribution >= 4 is 27.6 Å². The van der Waals surface area contributed by atoms with Crippen LogP contribution in [0.15, 0.2) is 48.5 Å². The number of unbranched alkanes of at least 4 members (excludes halogenated alkanes) is 3. The third kappa shape index (κ3) is 6.50. The fourth-order valence-electron chi connectivity index (χ4n) is 6.92. The molecule has 2 aliphatic rings. The summed E-state index contributed by atoms with van der Waals surface area (Å²) in [7, 11) is 0. The molecule has 0 bridgehead atoms. The van der Waals surface area contributed by atoms with Gasteiger partial charge in [0.1, 0.15) is 0 Å². The van der Waals surface area contributed by atoms with Crippen molar-refractivity contribution in [1.29, 1.82) is 0 Å². The van der Waals surface area contributed by atoms with Crippen LogP contribution in [-0.4, -0.2) is 66.7 Å². The molecule has 0 saturated carbocycles. The van der Waals surface area contributed by atoms with E-state index in [1.165, 1.54) is 63.1 Å². The second-order valence-electron chi connectivity index (χ2n) is 11.4. The molecular weight excluding hydrogens is 547 g/mol. The second kappa shape index (κ2) is 13.7. The molecule has 1 heterocycles. The summed E-state index contributed by atoms with van der Waals surface area (Å²) in [4.78, 5) is 5.12. The van der Waals surface area contributed by atoms with Gasteiger partial charge in [0, 0.05) is 0 Å². The van der Waals surface area contributed by atoms with Crippen LogP contribution >= 0.6 is 0 Å². The maximum absolute atomic E-state index is 11.3. The third-order valence-corrected chi connectivity index (χ3v) is 24.9. The van der Waals surface area contributed by atoms with Crippen molar-refractivity contribution in [2.24, 2.45) is 0 Å². The first kappa shape index (κ1) is 28.0. The Hall–Kier alpha value is -1.04. The summed E-state index contributed by atoms with van der Waals surface area (Å²) in [6.07, 6.45) is 9.81. The number of benzene rings is 2. The molecule has 2 aromatic carbocycles. The van der Waals surface area contributed by atoms with Crippen LogP contribution in [0.25, 0.3) is 0 Å². The van der Waals surface area contributed by atoms with Crippen molar-refractivity contribution in [2.75, 3.05) is 31.1 Å². The van der Waals surface area contributed by atoms with E-state index in [0.29, 0.717) is 0 Å². The maximum atomic E-state index is 11.3. The van der Waals surface area contributed by atoms with Crippen LogP contribution in [0.5, 0.6) is 0 Å².